The van der Waals surface area contributed by atoms with Gasteiger partial charge in [0.2, 0.25) is 0 Å². The topological polar surface area (TPSA) is 15.3 Å². The van der Waals surface area contributed by atoms with E-state index in [0.717, 1.165) is 24.4 Å². The number of allylic oxidation sites excluding steroid dienone is 1. The molecule has 0 aliphatic rings. The normalized spacial score (nSPS) is 10.4. The highest BCUT2D eigenvalue weighted by Gasteiger charge is 2.00. The molecule has 1 N–H and O–H groups in total. The van der Waals surface area contributed by atoms with Gasteiger partial charge in [0.25, 0.3) is 0 Å². The summed E-state index contributed by atoms with van der Waals surface area (Å²) in [6.45, 7) is 16.3. The first-order chi connectivity index (χ1) is 9.58. The van der Waals surface area contributed by atoms with E-state index in [0.29, 0.717) is 0 Å². The number of nitrogens with one attached hydrogen (secondary N) is 1. The molecule has 0 heterocycles. The highest BCUT2D eigenvalue weighted by atomic mass is 15.1. The van der Waals surface area contributed by atoms with Gasteiger partial charge in [0, 0.05) is 32.0 Å². The first-order valence-electron chi connectivity index (χ1n) is 7.50. The predicted molar refractivity (Wildman–Crippen MR) is 92.5 cm³/mol. The SMILES string of the molecule is C=C(NCC)c1ccc(/C(C)=C/N(C)CC)cc1.CC. The fourth-order valence-electron chi connectivity index (χ4n) is 1.75. The van der Waals surface area contributed by atoms with Crippen molar-refractivity contribution in [2.45, 2.75) is 34.6 Å². The Labute approximate surface area is 125 Å². The Morgan fingerprint density at radius 1 is 1.15 bits per heavy atom. The van der Waals surface area contributed by atoms with Gasteiger partial charge in [-0.25, -0.2) is 0 Å². The Kier molecular flexibility index (Phi) is 9.27. The molecular formula is C18H30N2. The van der Waals surface area contributed by atoms with Crippen LogP contribution in [0.2, 0.25) is 0 Å². The third kappa shape index (κ3) is 5.96. The van der Waals surface area contributed by atoms with Crippen molar-refractivity contribution in [1.82, 2.24) is 10.2 Å². The molecule has 0 spiro atoms. The van der Waals surface area contributed by atoms with Gasteiger partial charge in [-0.2, -0.15) is 0 Å². The van der Waals surface area contributed by atoms with Crippen LogP contribution >= 0.6 is 0 Å². The lowest BCUT2D eigenvalue weighted by molar-refractivity contribution is 0.485. The molecule has 112 valence electrons. The van der Waals surface area contributed by atoms with Gasteiger partial charge in [0.1, 0.15) is 0 Å². The number of benzene rings is 1. The molecule has 1 aromatic rings. The van der Waals surface area contributed by atoms with Gasteiger partial charge in [-0.3, -0.25) is 0 Å². The van der Waals surface area contributed by atoms with Gasteiger partial charge in [-0.05, 0) is 37.5 Å². The second kappa shape index (κ2) is 10.1. The minimum atomic E-state index is 0.904. The molecule has 0 saturated heterocycles. The van der Waals surface area contributed by atoms with Crippen LogP contribution < -0.4 is 5.32 Å². The van der Waals surface area contributed by atoms with E-state index in [4.69, 9.17) is 0 Å². The lowest BCUT2D eigenvalue weighted by Crippen LogP contribution is -2.10. The van der Waals surface area contributed by atoms with Gasteiger partial charge in [-0.15, -0.1) is 0 Å². The fourth-order valence-corrected chi connectivity index (χ4v) is 1.75. The number of hydrogen-bond acceptors (Lipinski definition) is 2. The Balaban J connectivity index is 0.00000172. The van der Waals surface area contributed by atoms with Crippen molar-refractivity contribution in [2.75, 3.05) is 20.1 Å². The Morgan fingerprint density at radius 3 is 2.10 bits per heavy atom. The third-order valence-electron chi connectivity index (χ3n) is 2.99. The number of nitrogens with zero attached hydrogens (tertiary/aromatic N) is 1. The van der Waals surface area contributed by atoms with Crippen LogP contribution in [-0.2, 0) is 0 Å². The van der Waals surface area contributed by atoms with Crippen molar-refractivity contribution in [3.05, 3.63) is 48.2 Å². The maximum absolute atomic E-state index is 4.02. The first kappa shape index (κ1) is 18.3. The maximum Gasteiger partial charge on any atom is 0.0340 e. The molecule has 0 saturated carbocycles. The van der Waals surface area contributed by atoms with Crippen molar-refractivity contribution in [3.63, 3.8) is 0 Å². The highest BCUT2D eigenvalue weighted by Crippen LogP contribution is 2.17. The van der Waals surface area contributed by atoms with E-state index >= 15 is 0 Å². The zero-order chi connectivity index (χ0) is 15.5. The molecule has 0 bridgehead atoms. The summed E-state index contributed by atoms with van der Waals surface area (Å²) in [4.78, 5) is 2.18. The summed E-state index contributed by atoms with van der Waals surface area (Å²) in [5.74, 6) is 0. The zero-order valence-electron chi connectivity index (χ0n) is 14.0. The second-order valence-corrected chi connectivity index (χ2v) is 4.47. The monoisotopic (exact) mass is 274 g/mol. The quantitative estimate of drug-likeness (QED) is 0.815. The van der Waals surface area contributed by atoms with Crippen LogP contribution in [0.3, 0.4) is 0 Å². The van der Waals surface area contributed by atoms with Crippen LogP contribution in [0.5, 0.6) is 0 Å². The largest absolute Gasteiger partial charge is 0.385 e. The molecule has 1 aromatic carbocycles. The van der Waals surface area contributed by atoms with Crippen LogP contribution in [-0.4, -0.2) is 25.0 Å². The van der Waals surface area contributed by atoms with E-state index in [1.807, 2.05) is 13.8 Å². The molecule has 0 aliphatic heterocycles. The minimum Gasteiger partial charge on any atom is -0.385 e. The van der Waals surface area contributed by atoms with E-state index < -0.39 is 0 Å². The maximum atomic E-state index is 4.02. The molecule has 0 aromatic heterocycles. The summed E-state index contributed by atoms with van der Waals surface area (Å²) >= 11 is 0. The van der Waals surface area contributed by atoms with Crippen LogP contribution in [0.15, 0.2) is 37.0 Å². The zero-order valence-corrected chi connectivity index (χ0v) is 14.0. The van der Waals surface area contributed by atoms with Crippen molar-refractivity contribution in [1.29, 1.82) is 0 Å². The smallest absolute Gasteiger partial charge is 0.0340 e. The number of hydrogen-bond donors (Lipinski definition) is 1. The predicted octanol–water partition coefficient (Wildman–Crippen LogP) is 4.61. The summed E-state index contributed by atoms with van der Waals surface area (Å²) < 4.78 is 0. The Bertz CT molecular complexity index is 416. The molecular weight excluding hydrogens is 244 g/mol. The minimum absolute atomic E-state index is 0.904. The van der Waals surface area contributed by atoms with Crippen LogP contribution in [0, 0.1) is 0 Å². The third-order valence-corrected chi connectivity index (χ3v) is 2.99. The van der Waals surface area contributed by atoms with Crippen molar-refractivity contribution < 1.29 is 0 Å². The molecule has 0 unspecified atom stereocenters. The average molecular weight is 274 g/mol. The summed E-state index contributed by atoms with van der Waals surface area (Å²) in [6, 6.07) is 8.52. The summed E-state index contributed by atoms with van der Waals surface area (Å²) in [6.07, 6.45) is 2.17. The van der Waals surface area contributed by atoms with E-state index in [9.17, 15) is 0 Å². The molecule has 2 heteroatoms. The molecule has 0 amide bonds. The lowest BCUT2D eigenvalue weighted by atomic mass is 10.0. The Morgan fingerprint density at radius 2 is 1.65 bits per heavy atom. The Hall–Kier alpha value is -1.70. The summed E-state index contributed by atoms with van der Waals surface area (Å²) in [5.41, 5.74) is 4.66. The highest BCUT2D eigenvalue weighted by molar-refractivity contribution is 5.67. The molecule has 0 fully saturated rings. The van der Waals surface area contributed by atoms with Crippen LogP contribution in [0.25, 0.3) is 11.3 Å². The van der Waals surface area contributed by atoms with Crippen LogP contribution in [0.4, 0.5) is 0 Å². The fraction of sp³-hybridized carbons (Fsp3) is 0.444. The molecule has 0 atom stereocenters. The van der Waals surface area contributed by atoms with E-state index in [1.165, 1.54) is 11.1 Å². The first-order valence-corrected chi connectivity index (χ1v) is 7.50. The molecule has 2 nitrogen and oxygen atoms in total. The van der Waals surface area contributed by atoms with Crippen LogP contribution in [0.1, 0.15) is 45.7 Å². The molecule has 0 aliphatic carbocycles. The standard InChI is InChI=1S/C16H24N2.C2H6/c1-6-17-14(4)16-10-8-15(9-11-16)13(3)12-18(5)7-2;1-2/h8-12,17H,4,6-7H2,1-3,5H3;1-2H3/b13-12+;. The number of rotatable bonds is 6. The summed E-state index contributed by atoms with van der Waals surface area (Å²) in [7, 11) is 2.09. The molecule has 20 heavy (non-hydrogen) atoms. The second-order valence-electron chi connectivity index (χ2n) is 4.47. The van der Waals surface area contributed by atoms with Gasteiger partial charge in [0.05, 0.1) is 0 Å². The summed E-state index contributed by atoms with van der Waals surface area (Å²) in [5, 5.41) is 3.23. The van der Waals surface area contributed by atoms with Gasteiger partial charge >= 0.3 is 0 Å². The van der Waals surface area contributed by atoms with Crippen molar-refractivity contribution in [3.8, 4) is 0 Å². The van der Waals surface area contributed by atoms with Gasteiger partial charge in [0.15, 0.2) is 0 Å². The molecule has 1 rings (SSSR count). The average Bonchev–Trinajstić information content (AvgIpc) is 2.49. The van der Waals surface area contributed by atoms with Gasteiger partial charge < -0.3 is 10.2 Å². The lowest BCUT2D eigenvalue weighted by Gasteiger charge is -2.13. The van der Waals surface area contributed by atoms with Crippen molar-refractivity contribution in [2.24, 2.45) is 0 Å². The molecule has 0 radical (unpaired) electrons. The van der Waals surface area contributed by atoms with Gasteiger partial charge in [-0.1, -0.05) is 44.7 Å². The van der Waals surface area contributed by atoms with E-state index in [-0.39, 0.29) is 0 Å². The van der Waals surface area contributed by atoms with Crippen molar-refractivity contribution >= 4 is 11.3 Å². The van der Waals surface area contributed by atoms with E-state index in [1.54, 1.807) is 0 Å². The van der Waals surface area contributed by atoms with E-state index in [2.05, 4.69) is 75.1 Å².